The van der Waals surface area contributed by atoms with Gasteiger partial charge in [0.1, 0.15) is 11.7 Å². The van der Waals surface area contributed by atoms with Gasteiger partial charge in [-0.3, -0.25) is 19.8 Å². The number of likely N-dealkylation sites (tertiary alicyclic amines) is 1. The average molecular weight is 524 g/mol. The molecule has 3 N–H and O–H groups in total. The molecule has 0 atom stereocenters. The molecule has 198 valence electrons. The van der Waals surface area contributed by atoms with Gasteiger partial charge in [-0.25, -0.2) is 4.98 Å². The molecule has 0 bridgehead atoms. The van der Waals surface area contributed by atoms with E-state index in [9.17, 15) is 14.4 Å². The van der Waals surface area contributed by atoms with Crippen molar-refractivity contribution in [3.05, 3.63) is 89.1 Å². The minimum absolute atomic E-state index is 0.129. The number of hydrogen-bond acceptors (Lipinski definition) is 6. The fourth-order valence-corrected chi connectivity index (χ4v) is 4.28. The molecule has 1 aliphatic rings. The molecule has 1 saturated heterocycles. The van der Waals surface area contributed by atoms with Crippen molar-refractivity contribution < 1.29 is 19.1 Å². The van der Waals surface area contributed by atoms with Gasteiger partial charge in [-0.05, 0) is 56.2 Å². The summed E-state index contributed by atoms with van der Waals surface area (Å²) in [5.41, 5.74) is 2.28. The summed E-state index contributed by atoms with van der Waals surface area (Å²) < 4.78 is 5.11. The van der Waals surface area contributed by atoms with Crippen LogP contribution in [0.5, 0.6) is 0 Å². The summed E-state index contributed by atoms with van der Waals surface area (Å²) >= 11 is 0. The number of amides is 2. The molecule has 39 heavy (non-hydrogen) atoms. The lowest BCUT2D eigenvalue weighted by atomic mass is 9.96. The van der Waals surface area contributed by atoms with Crippen LogP contribution >= 0.6 is 0 Å². The maximum Gasteiger partial charge on any atom is 0.309 e. The highest BCUT2D eigenvalue weighted by atomic mass is 16.5. The molecule has 0 spiro atoms. The predicted octanol–water partition coefficient (Wildman–Crippen LogP) is 4.17. The second kappa shape index (κ2) is 12.5. The van der Waals surface area contributed by atoms with Crippen LogP contribution < -0.4 is 10.6 Å². The van der Waals surface area contributed by atoms with Gasteiger partial charge in [0.15, 0.2) is 0 Å². The van der Waals surface area contributed by atoms with E-state index in [1.807, 2.05) is 4.90 Å². The Labute approximate surface area is 227 Å². The van der Waals surface area contributed by atoms with E-state index < -0.39 is 5.91 Å². The van der Waals surface area contributed by atoms with Crippen molar-refractivity contribution in [2.75, 3.05) is 30.3 Å². The average Bonchev–Trinajstić information content (AvgIpc) is 2.97. The van der Waals surface area contributed by atoms with Crippen molar-refractivity contribution >= 4 is 35.1 Å². The lowest BCUT2D eigenvalue weighted by Crippen LogP contribution is -2.40. The molecule has 4 rings (SSSR count). The normalized spacial score (nSPS) is 13.2. The molecular formula is C30H29N5O4. The van der Waals surface area contributed by atoms with E-state index in [0.717, 1.165) is 0 Å². The Bertz CT molecular complexity index is 1400. The van der Waals surface area contributed by atoms with Crippen LogP contribution in [0, 0.1) is 23.7 Å². The molecule has 9 heteroatoms. The summed E-state index contributed by atoms with van der Waals surface area (Å²) in [6, 6.07) is 16.7. The third kappa shape index (κ3) is 6.67. The number of benzene rings is 2. The molecule has 1 fully saturated rings. The van der Waals surface area contributed by atoms with Crippen LogP contribution in [0.4, 0.5) is 11.5 Å². The number of pyridine rings is 1. The van der Waals surface area contributed by atoms with Gasteiger partial charge in [-0.2, -0.15) is 0 Å². The van der Waals surface area contributed by atoms with E-state index in [4.69, 9.17) is 16.6 Å². The lowest BCUT2D eigenvalue weighted by molar-refractivity contribution is -0.149. The first-order valence-electron chi connectivity index (χ1n) is 12.6. The Morgan fingerprint density at radius 1 is 1.00 bits per heavy atom. The van der Waals surface area contributed by atoms with Gasteiger partial charge in [-0.15, -0.1) is 6.42 Å². The molecule has 1 aromatic heterocycles. The van der Waals surface area contributed by atoms with Gasteiger partial charge in [0.25, 0.3) is 11.8 Å². The quantitative estimate of drug-likeness (QED) is 0.185. The van der Waals surface area contributed by atoms with Crippen LogP contribution in [0.3, 0.4) is 0 Å². The van der Waals surface area contributed by atoms with Crippen molar-refractivity contribution in [1.82, 2.24) is 9.88 Å². The van der Waals surface area contributed by atoms with Gasteiger partial charge in [0.05, 0.1) is 23.8 Å². The van der Waals surface area contributed by atoms with Crippen LogP contribution in [-0.2, 0) is 9.53 Å². The number of rotatable bonds is 7. The Balaban J connectivity index is 1.37. The topological polar surface area (TPSA) is 124 Å². The zero-order valence-corrected chi connectivity index (χ0v) is 21.6. The smallest absolute Gasteiger partial charge is 0.309 e. The van der Waals surface area contributed by atoms with E-state index in [0.29, 0.717) is 66.6 Å². The number of hydrogen-bond donors (Lipinski definition) is 3. The number of esters is 1. The van der Waals surface area contributed by atoms with Gasteiger partial charge < -0.3 is 20.3 Å². The SMILES string of the molecule is C#Cc1ccc(NC(=O)c2ccccc2NC(=O)c2ccc(C(=N)N3CCC(C(=O)OCC)CC3)cc2)nc1. The van der Waals surface area contributed by atoms with Crippen molar-refractivity contribution in [2.45, 2.75) is 19.8 Å². The fourth-order valence-electron chi connectivity index (χ4n) is 4.28. The second-order valence-corrected chi connectivity index (χ2v) is 8.97. The van der Waals surface area contributed by atoms with Crippen LogP contribution in [0.15, 0.2) is 66.9 Å². The number of amidine groups is 1. The number of aromatic nitrogens is 1. The monoisotopic (exact) mass is 523 g/mol. The Kier molecular flexibility index (Phi) is 8.69. The molecule has 2 aromatic carbocycles. The molecule has 2 heterocycles. The summed E-state index contributed by atoms with van der Waals surface area (Å²) in [5, 5.41) is 14.1. The molecule has 0 unspecified atom stereocenters. The van der Waals surface area contributed by atoms with Crippen LogP contribution in [0.2, 0.25) is 0 Å². The van der Waals surface area contributed by atoms with Crippen LogP contribution in [0.1, 0.15) is 51.6 Å². The largest absolute Gasteiger partial charge is 0.466 e. The summed E-state index contributed by atoms with van der Waals surface area (Å²) in [6.45, 7) is 3.34. The Hall–Kier alpha value is -4.97. The number of nitrogens with one attached hydrogen (secondary N) is 3. The lowest BCUT2D eigenvalue weighted by Gasteiger charge is -2.32. The summed E-state index contributed by atoms with van der Waals surface area (Å²) in [4.78, 5) is 43.9. The third-order valence-corrected chi connectivity index (χ3v) is 6.44. The number of terminal acetylenes is 1. The number of para-hydroxylation sites is 1. The molecule has 2 amide bonds. The summed E-state index contributed by atoms with van der Waals surface area (Å²) in [6.07, 6.45) is 8.11. The van der Waals surface area contributed by atoms with E-state index in [-0.39, 0.29) is 23.4 Å². The first-order chi connectivity index (χ1) is 18.9. The molecule has 9 nitrogen and oxygen atoms in total. The highest BCUT2D eigenvalue weighted by Gasteiger charge is 2.27. The maximum atomic E-state index is 13.0. The highest BCUT2D eigenvalue weighted by molar-refractivity contribution is 6.12. The fraction of sp³-hybridized carbons (Fsp3) is 0.233. The van der Waals surface area contributed by atoms with E-state index in [1.54, 1.807) is 67.6 Å². The molecular weight excluding hydrogens is 494 g/mol. The first kappa shape index (κ1) is 27.1. The maximum absolute atomic E-state index is 13.0. The standard InChI is InChI=1S/C30H29N5O4/c1-3-20-9-14-26(32-19-20)34-29(37)24-7-5-6-8-25(24)33-28(36)22-12-10-21(11-13-22)27(31)35-17-15-23(16-18-35)30(38)39-4-2/h1,5-14,19,23,31H,4,15-18H2,2H3,(H,33,36)(H,32,34,37). The van der Waals surface area contributed by atoms with Gasteiger partial charge in [-0.1, -0.05) is 30.2 Å². The van der Waals surface area contributed by atoms with Gasteiger partial charge in [0.2, 0.25) is 0 Å². The number of piperidine rings is 1. The Morgan fingerprint density at radius 2 is 1.69 bits per heavy atom. The number of nitrogens with zero attached hydrogens (tertiary/aromatic N) is 2. The molecule has 0 aliphatic carbocycles. The predicted molar refractivity (Wildman–Crippen MR) is 149 cm³/mol. The van der Waals surface area contributed by atoms with Crippen molar-refractivity contribution in [2.24, 2.45) is 5.92 Å². The minimum Gasteiger partial charge on any atom is -0.466 e. The first-order valence-corrected chi connectivity index (χ1v) is 12.6. The highest BCUT2D eigenvalue weighted by Crippen LogP contribution is 2.22. The second-order valence-electron chi connectivity index (χ2n) is 8.97. The van der Waals surface area contributed by atoms with Crippen molar-refractivity contribution in [1.29, 1.82) is 5.41 Å². The summed E-state index contributed by atoms with van der Waals surface area (Å²) in [7, 11) is 0. The molecule has 3 aromatic rings. The Morgan fingerprint density at radius 3 is 2.33 bits per heavy atom. The van der Waals surface area contributed by atoms with Crippen molar-refractivity contribution in [3.63, 3.8) is 0 Å². The molecule has 0 saturated carbocycles. The number of anilines is 2. The number of carbonyl (C=O) groups excluding carboxylic acids is 3. The van der Waals surface area contributed by atoms with Crippen molar-refractivity contribution in [3.8, 4) is 12.3 Å². The number of carbonyl (C=O) groups is 3. The minimum atomic E-state index is -0.428. The van der Waals surface area contributed by atoms with Crippen LogP contribution in [0.25, 0.3) is 0 Å². The summed E-state index contributed by atoms with van der Waals surface area (Å²) in [5.74, 6) is 2.03. The molecule has 0 radical (unpaired) electrons. The van der Waals surface area contributed by atoms with Gasteiger partial charge in [0, 0.05) is 36.0 Å². The molecule has 1 aliphatic heterocycles. The third-order valence-electron chi connectivity index (χ3n) is 6.44. The van der Waals surface area contributed by atoms with Crippen LogP contribution in [-0.4, -0.2) is 53.2 Å². The zero-order valence-electron chi connectivity index (χ0n) is 21.6. The number of ether oxygens (including phenoxy) is 1. The van der Waals surface area contributed by atoms with E-state index in [1.165, 1.54) is 6.20 Å². The zero-order chi connectivity index (χ0) is 27.8. The van der Waals surface area contributed by atoms with Gasteiger partial charge >= 0.3 is 5.97 Å². The van der Waals surface area contributed by atoms with E-state index in [2.05, 4.69) is 21.5 Å². The van der Waals surface area contributed by atoms with E-state index >= 15 is 0 Å².